The van der Waals surface area contributed by atoms with E-state index >= 15 is 0 Å². The predicted octanol–water partition coefficient (Wildman–Crippen LogP) is 4.94. The fraction of sp³-hybridized carbons (Fsp3) is 0.190. The smallest absolute Gasteiger partial charge is 0.339 e. The molecule has 6 heteroatoms. The molecule has 0 fully saturated rings. The first kappa shape index (κ1) is 17.4. The van der Waals surface area contributed by atoms with Crippen molar-refractivity contribution < 1.29 is 9.53 Å². The molecule has 4 rings (SSSR count). The van der Waals surface area contributed by atoms with Gasteiger partial charge in [0.15, 0.2) is 5.65 Å². The quantitative estimate of drug-likeness (QED) is 0.473. The topological polar surface area (TPSA) is 57.0 Å². The van der Waals surface area contributed by atoms with Gasteiger partial charge >= 0.3 is 5.97 Å². The number of thiophene rings is 1. The second-order valence-corrected chi connectivity index (χ2v) is 7.23. The number of fused-ring (bicyclic) bond motifs is 1. The van der Waals surface area contributed by atoms with Gasteiger partial charge in [0.1, 0.15) is 0 Å². The summed E-state index contributed by atoms with van der Waals surface area (Å²) in [4.78, 5) is 18.5. The maximum absolute atomic E-state index is 12.6. The Kier molecular flexibility index (Phi) is 4.49. The molecule has 1 aromatic carbocycles. The Morgan fingerprint density at radius 3 is 2.63 bits per heavy atom. The van der Waals surface area contributed by atoms with E-state index in [-0.39, 0.29) is 5.97 Å². The number of esters is 1. The summed E-state index contributed by atoms with van der Waals surface area (Å²) in [5.41, 5.74) is 4.73. The molecule has 0 atom stereocenters. The molecule has 0 amide bonds. The van der Waals surface area contributed by atoms with E-state index in [0.717, 1.165) is 27.3 Å². The van der Waals surface area contributed by atoms with Gasteiger partial charge in [-0.15, -0.1) is 11.3 Å². The third kappa shape index (κ3) is 3.13. The van der Waals surface area contributed by atoms with Crippen molar-refractivity contribution in [1.82, 2.24) is 14.8 Å². The molecule has 0 unspecified atom stereocenters. The minimum atomic E-state index is -0.353. The summed E-state index contributed by atoms with van der Waals surface area (Å²) < 4.78 is 7.09. The van der Waals surface area contributed by atoms with E-state index in [0.29, 0.717) is 17.8 Å². The molecule has 5 nitrogen and oxygen atoms in total. The molecule has 0 saturated heterocycles. The number of hydrogen-bond acceptors (Lipinski definition) is 5. The highest BCUT2D eigenvalue weighted by molar-refractivity contribution is 7.13. The van der Waals surface area contributed by atoms with Crippen LogP contribution in [0.5, 0.6) is 0 Å². The van der Waals surface area contributed by atoms with Crippen LogP contribution in [0.2, 0.25) is 0 Å². The standard InChI is InChI=1S/C21H19N3O2S/c1-4-26-21(25)16-12-17(18-6-5-11-27-18)22-20-19(16)14(3)23-24(20)15-9-7-13(2)8-10-15/h5-12H,4H2,1-3H3. The van der Waals surface area contributed by atoms with E-state index in [1.54, 1.807) is 29.0 Å². The predicted molar refractivity (Wildman–Crippen MR) is 108 cm³/mol. The summed E-state index contributed by atoms with van der Waals surface area (Å²) in [5, 5.41) is 7.39. The number of benzene rings is 1. The molecule has 0 radical (unpaired) electrons. The Morgan fingerprint density at radius 1 is 1.19 bits per heavy atom. The molecular weight excluding hydrogens is 358 g/mol. The Balaban J connectivity index is 2.01. The Labute approximate surface area is 161 Å². The fourth-order valence-electron chi connectivity index (χ4n) is 3.08. The van der Waals surface area contributed by atoms with Crippen LogP contribution in [0.25, 0.3) is 27.3 Å². The highest BCUT2D eigenvalue weighted by Gasteiger charge is 2.21. The number of aryl methyl sites for hydroxylation is 2. The number of carbonyl (C=O) groups excluding carboxylic acids is 1. The summed E-state index contributed by atoms with van der Waals surface area (Å²) >= 11 is 1.58. The number of rotatable bonds is 4. The van der Waals surface area contributed by atoms with Gasteiger partial charge < -0.3 is 4.74 Å². The number of pyridine rings is 1. The Bertz CT molecular complexity index is 1110. The lowest BCUT2D eigenvalue weighted by atomic mass is 10.1. The molecule has 0 saturated carbocycles. The zero-order valence-electron chi connectivity index (χ0n) is 15.4. The lowest BCUT2D eigenvalue weighted by Crippen LogP contribution is -2.07. The van der Waals surface area contributed by atoms with Crippen LogP contribution in [-0.4, -0.2) is 27.3 Å². The van der Waals surface area contributed by atoms with Gasteiger partial charge in [-0.2, -0.15) is 5.10 Å². The van der Waals surface area contributed by atoms with E-state index in [1.165, 1.54) is 5.56 Å². The van der Waals surface area contributed by atoms with Gasteiger partial charge in [-0.1, -0.05) is 23.8 Å². The van der Waals surface area contributed by atoms with Crippen molar-refractivity contribution in [3.8, 4) is 16.3 Å². The maximum atomic E-state index is 12.6. The van der Waals surface area contributed by atoms with Crippen LogP contribution in [0, 0.1) is 13.8 Å². The van der Waals surface area contributed by atoms with Crippen molar-refractivity contribution in [2.75, 3.05) is 6.61 Å². The Hall–Kier alpha value is -2.99. The van der Waals surface area contributed by atoms with Gasteiger partial charge in [0, 0.05) is 0 Å². The van der Waals surface area contributed by atoms with Crippen LogP contribution >= 0.6 is 11.3 Å². The van der Waals surface area contributed by atoms with E-state index in [1.807, 2.05) is 55.6 Å². The molecular formula is C21H19N3O2S. The van der Waals surface area contributed by atoms with Crippen LogP contribution in [0.15, 0.2) is 47.8 Å². The molecule has 27 heavy (non-hydrogen) atoms. The van der Waals surface area contributed by atoms with E-state index in [9.17, 15) is 4.79 Å². The van der Waals surface area contributed by atoms with Gasteiger partial charge in [-0.05, 0) is 50.4 Å². The zero-order valence-corrected chi connectivity index (χ0v) is 16.2. The van der Waals surface area contributed by atoms with E-state index < -0.39 is 0 Å². The summed E-state index contributed by atoms with van der Waals surface area (Å²) in [7, 11) is 0. The molecule has 0 N–H and O–H groups in total. The monoisotopic (exact) mass is 377 g/mol. The highest BCUT2D eigenvalue weighted by atomic mass is 32.1. The van der Waals surface area contributed by atoms with Crippen molar-refractivity contribution in [1.29, 1.82) is 0 Å². The van der Waals surface area contributed by atoms with Crippen molar-refractivity contribution in [3.63, 3.8) is 0 Å². The second-order valence-electron chi connectivity index (χ2n) is 6.28. The van der Waals surface area contributed by atoms with Crippen LogP contribution in [0.1, 0.15) is 28.5 Å². The Morgan fingerprint density at radius 2 is 1.96 bits per heavy atom. The average molecular weight is 377 g/mol. The zero-order chi connectivity index (χ0) is 19.0. The van der Waals surface area contributed by atoms with Gasteiger partial charge in [-0.25, -0.2) is 14.5 Å². The minimum Gasteiger partial charge on any atom is -0.462 e. The normalized spacial score (nSPS) is 11.1. The van der Waals surface area contributed by atoms with Gasteiger partial charge in [0.05, 0.1) is 39.5 Å². The largest absolute Gasteiger partial charge is 0.462 e. The van der Waals surface area contributed by atoms with Gasteiger partial charge in [0.25, 0.3) is 0 Å². The summed E-state index contributed by atoms with van der Waals surface area (Å²) in [5.74, 6) is -0.353. The first-order chi connectivity index (χ1) is 13.1. The molecule has 0 aliphatic carbocycles. The number of nitrogens with zero attached hydrogens (tertiary/aromatic N) is 3. The third-order valence-electron chi connectivity index (χ3n) is 4.36. The van der Waals surface area contributed by atoms with Crippen LogP contribution in [0.3, 0.4) is 0 Å². The fourth-order valence-corrected chi connectivity index (χ4v) is 3.76. The summed E-state index contributed by atoms with van der Waals surface area (Å²) in [6.45, 7) is 6.06. The summed E-state index contributed by atoms with van der Waals surface area (Å²) in [6, 6.07) is 13.8. The van der Waals surface area contributed by atoms with Crippen molar-refractivity contribution >= 4 is 28.3 Å². The molecule has 3 aromatic heterocycles. The minimum absolute atomic E-state index is 0.322. The molecule has 0 spiro atoms. The molecule has 0 aliphatic rings. The molecule has 4 aromatic rings. The molecule has 0 aliphatic heterocycles. The number of hydrogen-bond donors (Lipinski definition) is 0. The lowest BCUT2D eigenvalue weighted by Gasteiger charge is -2.08. The number of ether oxygens (including phenoxy) is 1. The summed E-state index contributed by atoms with van der Waals surface area (Å²) in [6.07, 6.45) is 0. The van der Waals surface area contributed by atoms with Crippen molar-refractivity contribution in [2.45, 2.75) is 20.8 Å². The first-order valence-corrected chi connectivity index (χ1v) is 9.65. The van der Waals surface area contributed by atoms with Crippen molar-refractivity contribution in [2.24, 2.45) is 0 Å². The van der Waals surface area contributed by atoms with Crippen molar-refractivity contribution in [3.05, 3.63) is 64.7 Å². The lowest BCUT2D eigenvalue weighted by molar-refractivity contribution is 0.0528. The van der Waals surface area contributed by atoms with Crippen LogP contribution in [0.4, 0.5) is 0 Å². The average Bonchev–Trinajstić information content (AvgIpc) is 3.31. The van der Waals surface area contributed by atoms with Crippen LogP contribution < -0.4 is 0 Å². The third-order valence-corrected chi connectivity index (χ3v) is 5.25. The van der Waals surface area contributed by atoms with E-state index in [2.05, 4.69) is 5.10 Å². The van der Waals surface area contributed by atoms with E-state index in [4.69, 9.17) is 9.72 Å². The number of aromatic nitrogens is 3. The van der Waals surface area contributed by atoms with Gasteiger partial charge in [-0.3, -0.25) is 0 Å². The first-order valence-electron chi connectivity index (χ1n) is 8.77. The molecule has 3 heterocycles. The van der Waals surface area contributed by atoms with Crippen LogP contribution in [-0.2, 0) is 4.74 Å². The SMILES string of the molecule is CCOC(=O)c1cc(-c2cccs2)nc2c1c(C)nn2-c1ccc(C)cc1. The second kappa shape index (κ2) is 6.96. The number of carbonyl (C=O) groups is 1. The maximum Gasteiger partial charge on any atom is 0.339 e. The molecule has 0 bridgehead atoms. The molecule has 136 valence electrons. The van der Waals surface area contributed by atoms with Gasteiger partial charge in [0.2, 0.25) is 0 Å². The highest BCUT2D eigenvalue weighted by Crippen LogP contribution is 2.31.